The molecule has 1 saturated carbocycles. The Labute approximate surface area is 169 Å². The number of aromatic nitrogens is 3. The lowest BCUT2D eigenvalue weighted by molar-refractivity contribution is -0.00325. The van der Waals surface area contributed by atoms with E-state index in [1.54, 1.807) is 28.9 Å². The third-order valence-corrected chi connectivity index (χ3v) is 6.38. The minimum atomic E-state index is -0.581. The molecule has 1 aromatic carbocycles. The second kappa shape index (κ2) is 6.65. The molecule has 29 heavy (non-hydrogen) atoms. The molecule has 2 aliphatic carbocycles. The quantitative estimate of drug-likeness (QED) is 0.759. The predicted molar refractivity (Wildman–Crippen MR) is 107 cm³/mol. The Morgan fingerprint density at radius 2 is 1.72 bits per heavy atom. The molecule has 0 saturated heterocycles. The Hall–Kier alpha value is -2.76. The highest BCUT2D eigenvalue weighted by Gasteiger charge is 2.46. The molecule has 6 heteroatoms. The fraction of sp³-hybridized carbons (Fsp3) is 0.478. The number of nitrogens with zero attached hydrogens (tertiary/aromatic N) is 3. The SMILES string of the molecule is CC1(C)CC(n2cc(C3CCCCC3)nn2)C2=C(O1)C(=O)c1ccccc1C2=O. The predicted octanol–water partition coefficient (Wildman–Crippen LogP) is 4.40. The van der Waals surface area contributed by atoms with E-state index >= 15 is 0 Å². The summed E-state index contributed by atoms with van der Waals surface area (Å²) < 4.78 is 7.82. The van der Waals surface area contributed by atoms with Gasteiger partial charge in [-0.1, -0.05) is 48.7 Å². The Balaban J connectivity index is 1.58. The van der Waals surface area contributed by atoms with E-state index in [0.29, 0.717) is 29.0 Å². The fourth-order valence-corrected chi connectivity index (χ4v) is 4.92. The summed E-state index contributed by atoms with van der Waals surface area (Å²) in [6.45, 7) is 3.89. The van der Waals surface area contributed by atoms with E-state index in [1.165, 1.54) is 19.3 Å². The summed E-state index contributed by atoms with van der Waals surface area (Å²) in [4.78, 5) is 26.5. The van der Waals surface area contributed by atoms with Crippen LogP contribution in [0.2, 0.25) is 0 Å². The van der Waals surface area contributed by atoms with Crippen LogP contribution in [0.15, 0.2) is 41.8 Å². The molecule has 0 radical (unpaired) electrons. The Kier molecular flexibility index (Phi) is 4.19. The molecule has 3 aliphatic rings. The summed E-state index contributed by atoms with van der Waals surface area (Å²) in [7, 11) is 0. The van der Waals surface area contributed by atoms with Crippen molar-refractivity contribution in [2.75, 3.05) is 0 Å². The lowest BCUT2D eigenvalue weighted by Gasteiger charge is -2.39. The van der Waals surface area contributed by atoms with Crippen molar-refractivity contribution in [1.29, 1.82) is 0 Å². The van der Waals surface area contributed by atoms with Gasteiger partial charge in [-0.15, -0.1) is 5.10 Å². The highest BCUT2D eigenvalue weighted by atomic mass is 16.5. The van der Waals surface area contributed by atoms with Gasteiger partial charge in [-0.25, -0.2) is 4.68 Å². The average molecular weight is 391 g/mol. The molecule has 2 aromatic rings. The molecule has 0 N–H and O–H groups in total. The van der Waals surface area contributed by atoms with Crippen molar-refractivity contribution in [2.45, 2.75) is 69.9 Å². The number of ether oxygens (including phenoxy) is 1. The van der Waals surface area contributed by atoms with Crippen molar-refractivity contribution >= 4 is 11.6 Å². The molecule has 1 aliphatic heterocycles. The van der Waals surface area contributed by atoms with Crippen molar-refractivity contribution < 1.29 is 14.3 Å². The Bertz CT molecular complexity index is 1030. The molecule has 150 valence electrons. The van der Waals surface area contributed by atoms with Gasteiger partial charge >= 0.3 is 0 Å². The summed E-state index contributed by atoms with van der Waals surface area (Å²) in [5, 5.41) is 8.84. The van der Waals surface area contributed by atoms with E-state index in [4.69, 9.17) is 4.74 Å². The zero-order valence-corrected chi connectivity index (χ0v) is 16.9. The molecule has 0 bridgehead atoms. The number of hydrogen-bond donors (Lipinski definition) is 0. The average Bonchev–Trinajstić information content (AvgIpc) is 3.22. The first-order valence-electron chi connectivity index (χ1n) is 10.5. The maximum atomic E-state index is 13.3. The molecular weight excluding hydrogens is 366 g/mol. The first-order chi connectivity index (χ1) is 13.9. The maximum absolute atomic E-state index is 13.3. The fourth-order valence-electron chi connectivity index (χ4n) is 4.92. The van der Waals surface area contributed by atoms with Gasteiger partial charge in [-0.3, -0.25) is 9.59 Å². The molecule has 1 fully saturated rings. The third kappa shape index (κ3) is 3.02. The van der Waals surface area contributed by atoms with Crippen LogP contribution in [0.1, 0.15) is 90.7 Å². The summed E-state index contributed by atoms with van der Waals surface area (Å²) in [6.07, 6.45) is 8.53. The van der Waals surface area contributed by atoms with Crippen molar-refractivity contribution in [3.63, 3.8) is 0 Å². The zero-order valence-electron chi connectivity index (χ0n) is 16.9. The number of carbonyl (C=O) groups excluding carboxylic acids is 2. The minimum Gasteiger partial charge on any atom is -0.483 e. The van der Waals surface area contributed by atoms with Crippen molar-refractivity contribution in [3.05, 3.63) is 58.6 Å². The van der Waals surface area contributed by atoms with Crippen LogP contribution in [0.25, 0.3) is 0 Å². The van der Waals surface area contributed by atoms with Crippen LogP contribution in [-0.4, -0.2) is 32.2 Å². The van der Waals surface area contributed by atoms with Crippen molar-refractivity contribution in [3.8, 4) is 0 Å². The van der Waals surface area contributed by atoms with E-state index in [1.807, 2.05) is 20.0 Å². The highest BCUT2D eigenvalue weighted by molar-refractivity contribution is 6.26. The maximum Gasteiger partial charge on any atom is 0.228 e. The van der Waals surface area contributed by atoms with Gasteiger partial charge in [0.25, 0.3) is 0 Å². The monoisotopic (exact) mass is 391 g/mol. The van der Waals surface area contributed by atoms with Gasteiger partial charge in [0.05, 0.1) is 17.3 Å². The summed E-state index contributed by atoms with van der Waals surface area (Å²) >= 11 is 0. The number of allylic oxidation sites excluding steroid dienone is 2. The number of fused-ring (bicyclic) bond motifs is 1. The van der Waals surface area contributed by atoms with Gasteiger partial charge in [0.2, 0.25) is 5.78 Å². The molecule has 0 spiro atoms. The molecule has 0 amide bonds. The lowest BCUT2D eigenvalue weighted by atomic mass is 9.79. The third-order valence-electron chi connectivity index (χ3n) is 6.38. The molecule has 6 nitrogen and oxygen atoms in total. The van der Waals surface area contributed by atoms with Crippen LogP contribution >= 0.6 is 0 Å². The van der Waals surface area contributed by atoms with Gasteiger partial charge < -0.3 is 4.74 Å². The first kappa shape index (κ1) is 18.3. The van der Waals surface area contributed by atoms with E-state index < -0.39 is 5.60 Å². The standard InChI is InChI=1S/C23H25N3O3/c1-23(2)12-18(26-13-17(24-25-26)14-8-4-3-5-9-14)19-20(27)15-10-6-7-11-16(15)21(28)22(19)29-23/h6-7,10-11,13-14,18H,3-5,8-9,12H2,1-2H3. The topological polar surface area (TPSA) is 74.1 Å². The zero-order chi connectivity index (χ0) is 20.2. The summed E-state index contributed by atoms with van der Waals surface area (Å²) in [6, 6.07) is 6.60. The molecule has 5 rings (SSSR count). The van der Waals surface area contributed by atoms with Crippen molar-refractivity contribution in [2.24, 2.45) is 0 Å². The number of hydrogen-bond acceptors (Lipinski definition) is 5. The van der Waals surface area contributed by atoms with Crippen molar-refractivity contribution in [1.82, 2.24) is 15.0 Å². The number of benzene rings is 1. The second-order valence-electron chi connectivity index (χ2n) is 8.99. The van der Waals surface area contributed by atoms with Crippen LogP contribution in [0.3, 0.4) is 0 Å². The largest absolute Gasteiger partial charge is 0.483 e. The van der Waals surface area contributed by atoms with Gasteiger partial charge in [0, 0.05) is 29.7 Å². The lowest BCUT2D eigenvalue weighted by Crippen LogP contribution is -2.41. The number of Topliss-reactive ketones (excluding diaryl/α,β-unsaturated/α-hetero) is 2. The smallest absolute Gasteiger partial charge is 0.228 e. The summed E-state index contributed by atoms with van der Waals surface area (Å²) in [5.74, 6) is 0.235. The van der Waals surface area contributed by atoms with E-state index in [2.05, 4.69) is 10.3 Å². The molecule has 1 unspecified atom stereocenters. The van der Waals surface area contributed by atoms with Crippen LogP contribution in [-0.2, 0) is 4.74 Å². The highest BCUT2D eigenvalue weighted by Crippen LogP contribution is 2.44. The normalized spacial score (nSPS) is 24.1. The van der Waals surface area contributed by atoms with Gasteiger partial charge in [0.1, 0.15) is 5.60 Å². The molecular formula is C23H25N3O3. The van der Waals surface area contributed by atoms with Gasteiger partial charge in [-0.05, 0) is 26.7 Å². The van der Waals surface area contributed by atoms with Crippen LogP contribution in [0.5, 0.6) is 0 Å². The Morgan fingerprint density at radius 3 is 2.45 bits per heavy atom. The van der Waals surface area contributed by atoms with E-state index in [-0.39, 0.29) is 23.4 Å². The van der Waals surface area contributed by atoms with E-state index in [9.17, 15) is 9.59 Å². The molecule has 2 heterocycles. The van der Waals surface area contributed by atoms with Crippen LogP contribution < -0.4 is 0 Å². The minimum absolute atomic E-state index is 0.148. The van der Waals surface area contributed by atoms with Gasteiger partial charge in [0.15, 0.2) is 11.5 Å². The Morgan fingerprint density at radius 1 is 1.03 bits per heavy atom. The van der Waals surface area contributed by atoms with Crippen LogP contribution in [0.4, 0.5) is 0 Å². The molecule has 1 aromatic heterocycles. The first-order valence-corrected chi connectivity index (χ1v) is 10.5. The van der Waals surface area contributed by atoms with Crippen LogP contribution in [0, 0.1) is 0 Å². The number of carbonyl (C=O) groups is 2. The van der Waals surface area contributed by atoms with E-state index in [0.717, 1.165) is 18.5 Å². The second-order valence-corrected chi connectivity index (χ2v) is 8.99. The number of rotatable bonds is 2. The number of ketones is 2. The summed E-state index contributed by atoms with van der Waals surface area (Å²) in [5.41, 5.74) is 1.67. The van der Waals surface area contributed by atoms with Gasteiger partial charge in [-0.2, -0.15) is 0 Å². The molecule has 1 atom stereocenters.